The lowest BCUT2D eigenvalue weighted by Gasteiger charge is -2.22. The van der Waals surface area contributed by atoms with Crippen LogP contribution in [-0.2, 0) is 20.0 Å². The van der Waals surface area contributed by atoms with Crippen LogP contribution >= 0.6 is 51.2 Å². The van der Waals surface area contributed by atoms with Crippen molar-refractivity contribution in [3.8, 4) is 0 Å². The molecule has 0 aliphatic carbocycles. The quantitative estimate of drug-likeness (QED) is 0.341. The number of aryl methyl sites for hydroxylation is 3. The van der Waals surface area contributed by atoms with E-state index in [0.29, 0.717) is 0 Å². The van der Waals surface area contributed by atoms with E-state index in [1.165, 1.54) is 10.6 Å². The number of hydrogen-bond acceptors (Lipinski definition) is 3. The molecule has 140 valence electrons. The highest BCUT2D eigenvalue weighted by Crippen LogP contribution is 2.18. The Morgan fingerprint density at radius 1 is 1.44 bits per heavy atom. The SMILES string of the molecule is CCNC(=NCCc1sc(C)nc1C)N(C)Cc1cc(Br)cn1C.I. The Morgan fingerprint density at radius 2 is 2.16 bits per heavy atom. The number of nitrogens with zero attached hydrogens (tertiary/aromatic N) is 4. The number of nitrogens with one attached hydrogen (secondary N) is 1. The van der Waals surface area contributed by atoms with Gasteiger partial charge in [-0.25, -0.2) is 4.98 Å². The van der Waals surface area contributed by atoms with Crippen LogP contribution in [0.3, 0.4) is 0 Å². The Bertz CT molecular complexity index is 710. The molecule has 0 aliphatic heterocycles. The summed E-state index contributed by atoms with van der Waals surface area (Å²) in [5, 5.41) is 4.51. The number of aliphatic imine (C=N–C) groups is 1. The zero-order chi connectivity index (χ0) is 17.7. The van der Waals surface area contributed by atoms with Gasteiger partial charge in [-0.2, -0.15) is 0 Å². The van der Waals surface area contributed by atoms with Crippen LogP contribution in [0, 0.1) is 13.8 Å². The molecule has 1 N–H and O–H groups in total. The number of thiazole rings is 1. The van der Waals surface area contributed by atoms with Gasteiger partial charge in [-0.1, -0.05) is 0 Å². The van der Waals surface area contributed by atoms with Crippen molar-refractivity contribution < 1.29 is 0 Å². The number of guanidine groups is 1. The molecule has 2 aromatic rings. The van der Waals surface area contributed by atoms with E-state index < -0.39 is 0 Å². The molecule has 0 bridgehead atoms. The van der Waals surface area contributed by atoms with Crippen LogP contribution in [0.25, 0.3) is 0 Å². The molecule has 0 amide bonds. The minimum atomic E-state index is 0. The second-order valence-electron chi connectivity index (χ2n) is 5.84. The van der Waals surface area contributed by atoms with E-state index in [1.54, 1.807) is 11.3 Å². The van der Waals surface area contributed by atoms with E-state index in [0.717, 1.165) is 47.2 Å². The highest BCUT2D eigenvalue weighted by molar-refractivity contribution is 14.0. The van der Waals surface area contributed by atoms with Gasteiger partial charge in [0.25, 0.3) is 0 Å². The lowest BCUT2D eigenvalue weighted by molar-refractivity contribution is 0.462. The molecule has 25 heavy (non-hydrogen) atoms. The van der Waals surface area contributed by atoms with Crippen molar-refractivity contribution in [1.29, 1.82) is 0 Å². The summed E-state index contributed by atoms with van der Waals surface area (Å²) in [4.78, 5) is 12.8. The van der Waals surface area contributed by atoms with Crippen molar-refractivity contribution in [2.24, 2.45) is 12.0 Å². The van der Waals surface area contributed by atoms with Crippen molar-refractivity contribution in [3.05, 3.63) is 38.0 Å². The van der Waals surface area contributed by atoms with Gasteiger partial charge in [-0.05, 0) is 42.8 Å². The fourth-order valence-electron chi connectivity index (χ4n) is 2.58. The molecule has 0 aliphatic rings. The van der Waals surface area contributed by atoms with Crippen LogP contribution in [-0.4, -0.2) is 40.5 Å². The number of rotatable bonds is 6. The van der Waals surface area contributed by atoms with Gasteiger partial charge in [0, 0.05) is 54.8 Å². The maximum absolute atomic E-state index is 4.78. The molecule has 0 saturated heterocycles. The van der Waals surface area contributed by atoms with Crippen LogP contribution < -0.4 is 5.32 Å². The predicted molar refractivity (Wildman–Crippen MR) is 121 cm³/mol. The lowest BCUT2D eigenvalue weighted by Crippen LogP contribution is -2.39. The average molecular weight is 540 g/mol. The van der Waals surface area contributed by atoms with Gasteiger partial charge in [0.15, 0.2) is 5.96 Å². The van der Waals surface area contributed by atoms with Crippen LogP contribution in [0.4, 0.5) is 0 Å². The largest absolute Gasteiger partial charge is 0.357 e. The molecule has 0 atom stereocenters. The molecule has 0 spiro atoms. The Kier molecular flexibility index (Phi) is 9.44. The lowest BCUT2D eigenvalue weighted by atomic mass is 10.3. The van der Waals surface area contributed by atoms with Gasteiger partial charge in [0.05, 0.1) is 17.2 Å². The summed E-state index contributed by atoms with van der Waals surface area (Å²) in [6.45, 7) is 8.67. The zero-order valence-corrected chi connectivity index (χ0v) is 20.2. The third-order valence-electron chi connectivity index (χ3n) is 3.77. The molecular weight excluding hydrogens is 513 g/mol. The number of halogens is 2. The molecule has 0 unspecified atom stereocenters. The van der Waals surface area contributed by atoms with E-state index >= 15 is 0 Å². The topological polar surface area (TPSA) is 45.5 Å². The number of aromatic nitrogens is 2. The molecule has 0 aromatic carbocycles. The molecule has 0 saturated carbocycles. The first-order chi connectivity index (χ1) is 11.4. The van der Waals surface area contributed by atoms with Crippen molar-refractivity contribution in [2.45, 2.75) is 33.7 Å². The molecule has 2 aromatic heterocycles. The molecule has 0 fully saturated rings. The summed E-state index contributed by atoms with van der Waals surface area (Å²) in [7, 11) is 4.14. The molecule has 0 radical (unpaired) electrons. The highest BCUT2D eigenvalue weighted by atomic mass is 127. The predicted octanol–water partition coefficient (Wildman–Crippen LogP) is 4.12. The fourth-order valence-corrected chi connectivity index (χ4v) is 4.08. The van der Waals surface area contributed by atoms with Crippen molar-refractivity contribution in [3.63, 3.8) is 0 Å². The maximum Gasteiger partial charge on any atom is 0.194 e. The Balaban J connectivity index is 0.00000312. The summed E-state index contributed by atoms with van der Waals surface area (Å²) in [6, 6.07) is 2.14. The van der Waals surface area contributed by atoms with Gasteiger partial charge < -0.3 is 14.8 Å². The molecule has 2 rings (SSSR count). The molecular formula is C17H27BrIN5S. The van der Waals surface area contributed by atoms with Gasteiger partial charge in [-0.15, -0.1) is 35.3 Å². The first kappa shape index (κ1) is 22.4. The highest BCUT2D eigenvalue weighted by Gasteiger charge is 2.10. The fraction of sp³-hybridized carbons (Fsp3) is 0.529. The Hall–Kier alpha value is -0.610. The molecule has 8 heteroatoms. The summed E-state index contributed by atoms with van der Waals surface area (Å²) in [5.74, 6) is 0.939. The van der Waals surface area contributed by atoms with Crippen LogP contribution in [0.2, 0.25) is 0 Å². The zero-order valence-electron chi connectivity index (χ0n) is 15.5. The molecule has 5 nitrogen and oxygen atoms in total. The van der Waals surface area contributed by atoms with E-state index in [9.17, 15) is 0 Å². The Labute approximate surface area is 180 Å². The van der Waals surface area contributed by atoms with Crippen molar-refractivity contribution in [1.82, 2.24) is 19.8 Å². The first-order valence-electron chi connectivity index (χ1n) is 8.13. The second kappa shape index (κ2) is 10.5. The van der Waals surface area contributed by atoms with Gasteiger partial charge in [-0.3, -0.25) is 4.99 Å². The van der Waals surface area contributed by atoms with Crippen molar-refractivity contribution >= 4 is 57.2 Å². The van der Waals surface area contributed by atoms with Crippen LogP contribution in [0.5, 0.6) is 0 Å². The first-order valence-corrected chi connectivity index (χ1v) is 9.74. The maximum atomic E-state index is 4.78. The monoisotopic (exact) mass is 539 g/mol. The summed E-state index contributed by atoms with van der Waals surface area (Å²) < 4.78 is 3.24. The standard InChI is InChI=1S/C17H26BrN5S.HI/c1-6-19-17(20-8-7-16-12(2)21-13(3)24-16)23(5)11-15-9-14(18)10-22(15)4;/h9-10H,6-8,11H2,1-5H3,(H,19,20);1H. The van der Waals surface area contributed by atoms with E-state index in [2.05, 4.69) is 82.8 Å². The minimum absolute atomic E-state index is 0. The van der Waals surface area contributed by atoms with Crippen LogP contribution in [0.15, 0.2) is 21.7 Å². The van der Waals surface area contributed by atoms with Crippen molar-refractivity contribution in [2.75, 3.05) is 20.1 Å². The van der Waals surface area contributed by atoms with E-state index in [-0.39, 0.29) is 24.0 Å². The summed E-state index contributed by atoms with van der Waals surface area (Å²) in [6.07, 6.45) is 3.01. The van der Waals surface area contributed by atoms with Gasteiger partial charge >= 0.3 is 0 Å². The number of hydrogen-bond donors (Lipinski definition) is 1. The Morgan fingerprint density at radius 3 is 2.68 bits per heavy atom. The van der Waals surface area contributed by atoms with E-state index in [4.69, 9.17) is 4.99 Å². The summed E-state index contributed by atoms with van der Waals surface area (Å²) in [5.41, 5.74) is 2.38. The third kappa shape index (κ3) is 6.56. The van der Waals surface area contributed by atoms with E-state index in [1.807, 2.05) is 0 Å². The summed E-state index contributed by atoms with van der Waals surface area (Å²) >= 11 is 5.30. The molecule has 2 heterocycles. The van der Waals surface area contributed by atoms with Gasteiger partial charge in [0.1, 0.15) is 0 Å². The second-order valence-corrected chi connectivity index (χ2v) is 8.05. The minimum Gasteiger partial charge on any atom is -0.357 e. The smallest absolute Gasteiger partial charge is 0.194 e. The third-order valence-corrected chi connectivity index (χ3v) is 5.34. The van der Waals surface area contributed by atoms with Gasteiger partial charge in [0.2, 0.25) is 0 Å². The normalized spacial score (nSPS) is 11.4. The van der Waals surface area contributed by atoms with Crippen LogP contribution in [0.1, 0.15) is 28.2 Å². The average Bonchev–Trinajstić information content (AvgIpc) is 2.99.